The molecule has 0 bridgehead atoms. The van der Waals surface area contributed by atoms with E-state index in [4.69, 9.17) is 14.1 Å². The van der Waals surface area contributed by atoms with Crippen LogP contribution in [-0.2, 0) is 27.8 Å². The Balaban J connectivity index is 1.53. The van der Waals surface area contributed by atoms with Crippen LogP contribution in [0.4, 0.5) is 0 Å². The molecule has 2 saturated carbocycles. The van der Waals surface area contributed by atoms with E-state index in [0.29, 0.717) is 41.2 Å². The first kappa shape index (κ1) is 26.5. The summed E-state index contributed by atoms with van der Waals surface area (Å²) in [4.78, 5) is 29.9. The molecule has 9 heteroatoms. The summed E-state index contributed by atoms with van der Waals surface area (Å²) in [5.41, 5.74) is 3.28. The topological polar surface area (TPSA) is 107 Å². The van der Waals surface area contributed by atoms with Gasteiger partial charge in [-0.3, -0.25) is 9.59 Å². The van der Waals surface area contributed by atoms with Crippen molar-refractivity contribution in [3.8, 4) is 21.3 Å². The van der Waals surface area contributed by atoms with Gasteiger partial charge in [0.25, 0.3) is 18.3 Å². The maximum Gasteiger partial charge on any atom is 0.293 e. The minimum Gasteiger partial charge on any atom is -0.461 e. The molecule has 2 fully saturated rings. The lowest BCUT2D eigenvalue weighted by Gasteiger charge is -2.24. The molecule has 1 N–H and O–H groups in total. The van der Waals surface area contributed by atoms with Crippen LogP contribution in [-0.4, -0.2) is 39.2 Å². The van der Waals surface area contributed by atoms with Crippen LogP contribution >= 0.6 is 11.3 Å². The van der Waals surface area contributed by atoms with Crippen LogP contribution in [0.15, 0.2) is 22.6 Å². The molecule has 202 valence electrons. The van der Waals surface area contributed by atoms with Crippen LogP contribution in [0.1, 0.15) is 94.2 Å². The molecule has 0 unspecified atom stereocenters. The van der Waals surface area contributed by atoms with Crippen LogP contribution < -0.4 is 5.32 Å². The van der Waals surface area contributed by atoms with E-state index in [2.05, 4.69) is 34.6 Å². The molecule has 2 aliphatic carbocycles. The van der Waals surface area contributed by atoms with Crippen LogP contribution in [0.3, 0.4) is 0 Å². The zero-order valence-corrected chi connectivity index (χ0v) is 23.6. The highest BCUT2D eigenvalue weighted by atomic mass is 32.1. The van der Waals surface area contributed by atoms with Crippen LogP contribution in [0.25, 0.3) is 21.3 Å². The highest BCUT2D eigenvalue weighted by molar-refractivity contribution is 7.18. The van der Waals surface area contributed by atoms with E-state index in [1.54, 1.807) is 13.8 Å². The molecule has 38 heavy (non-hydrogen) atoms. The molecule has 0 spiro atoms. The number of hydrogen-bond acceptors (Lipinski definition) is 8. The number of nitrogens with one attached hydrogen (secondary N) is 1. The van der Waals surface area contributed by atoms with Gasteiger partial charge in [-0.2, -0.15) is 0 Å². The van der Waals surface area contributed by atoms with Crippen molar-refractivity contribution in [2.24, 2.45) is 5.92 Å². The Bertz CT molecular complexity index is 1330. The number of nitrogens with zero attached hydrogens (tertiary/aromatic N) is 3. The Labute approximate surface area is 227 Å². The second-order valence-corrected chi connectivity index (χ2v) is 12.9. The summed E-state index contributed by atoms with van der Waals surface area (Å²) in [6.45, 7) is 10.2. The zero-order chi connectivity index (χ0) is 27.1. The first-order valence-corrected chi connectivity index (χ1v) is 14.3. The second kappa shape index (κ2) is 10.2. The molecule has 0 radical (unpaired) electrons. The van der Waals surface area contributed by atoms with Gasteiger partial charge in [0, 0.05) is 11.6 Å². The van der Waals surface area contributed by atoms with E-state index < -0.39 is 5.60 Å². The SMILES string of the molecule is CC(C)NC(=O)c1cc(-c2sc(-c3nnc(CC(C)(C)OC=O)o3)nc2CC2CCC2)cc(C2(C)CC2)c1. The first-order valence-electron chi connectivity index (χ1n) is 13.5. The van der Waals surface area contributed by atoms with E-state index in [9.17, 15) is 9.59 Å². The monoisotopic (exact) mass is 536 g/mol. The van der Waals surface area contributed by atoms with Gasteiger partial charge in [-0.05, 0) is 87.6 Å². The second-order valence-electron chi connectivity index (χ2n) is 11.9. The number of carbonyl (C=O) groups is 2. The van der Waals surface area contributed by atoms with Crippen LogP contribution in [0.5, 0.6) is 0 Å². The lowest BCUT2D eigenvalue weighted by atomic mass is 9.81. The van der Waals surface area contributed by atoms with Gasteiger partial charge in [-0.15, -0.1) is 21.5 Å². The molecule has 3 aromatic rings. The van der Waals surface area contributed by atoms with Crippen molar-refractivity contribution >= 4 is 23.7 Å². The smallest absolute Gasteiger partial charge is 0.293 e. The summed E-state index contributed by atoms with van der Waals surface area (Å²) in [7, 11) is 0. The third-order valence-corrected chi connectivity index (χ3v) is 8.71. The fourth-order valence-corrected chi connectivity index (χ4v) is 5.79. The summed E-state index contributed by atoms with van der Waals surface area (Å²) >= 11 is 1.53. The number of ether oxygens (including phenoxy) is 1. The maximum absolute atomic E-state index is 13.1. The quantitative estimate of drug-likeness (QED) is 0.305. The van der Waals surface area contributed by atoms with Crippen LogP contribution in [0.2, 0.25) is 0 Å². The predicted molar refractivity (Wildman–Crippen MR) is 146 cm³/mol. The molecule has 0 atom stereocenters. The van der Waals surface area contributed by atoms with Gasteiger partial charge in [0.05, 0.1) is 17.0 Å². The summed E-state index contributed by atoms with van der Waals surface area (Å²) in [6, 6.07) is 6.34. The van der Waals surface area contributed by atoms with Crippen molar-refractivity contribution in [2.75, 3.05) is 0 Å². The minimum atomic E-state index is -0.749. The number of carbonyl (C=O) groups excluding carboxylic acids is 2. The van der Waals surface area contributed by atoms with Gasteiger partial charge in [-0.25, -0.2) is 4.98 Å². The summed E-state index contributed by atoms with van der Waals surface area (Å²) in [5, 5.41) is 12.2. The van der Waals surface area contributed by atoms with Crippen molar-refractivity contribution < 1.29 is 18.7 Å². The Morgan fingerprint density at radius 3 is 2.66 bits per heavy atom. The minimum absolute atomic E-state index is 0.0562. The van der Waals surface area contributed by atoms with E-state index in [1.807, 2.05) is 19.9 Å². The van der Waals surface area contributed by atoms with Crippen molar-refractivity contribution in [3.05, 3.63) is 40.9 Å². The predicted octanol–water partition coefficient (Wildman–Crippen LogP) is 5.89. The lowest BCUT2D eigenvalue weighted by Crippen LogP contribution is -2.30. The summed E-state index contributed by atoms with van der Waals surface area (Å²) in [6.07, 6.45) is 7.13. The molecular formula is C29H36N4O4S. The summed E-state index contributed by atoms with van der Waals surface area (Å²) < 4.78 is 11.1. The molecule has 1 amide bonds. The van der Waals surface area contributed by atoms with Crippen molar-refractivity contribution in [1.29, 1.82) is 0 Å². The average molecular weight is 537 g/mol. The summed E-state index contributed by atoms with van der Waals surface area (Å²) in [5.74, 6) is 1.31. The molecule has 0 aliphatic heterocycles. The molecule has 0 saturated heterocycles. The standard InChI is InChI=1S/C29H36N4O4S/c1-17(2)30-25(35)20-12-19(13-21(14-20)29(5)9-10-29)24-22(11-18-7-6-8-18)31-27(38-24)26-33-32-23(37-26)15-28(3,4)36-16-34/h12-14,16-18H,6-11,15H2,1-5H3,(H,30,35). The molecule has 8 nitrogen and oxygen atoms in total. The zero-order valence-electron chi connectivity index (χ0n) is 22.8. The Hall–Kier alpha value is -3.07. The molecule has 2 aliphatic rings. The van der Waals surface area contributed by atoms with Gasteiger partial charge < -0.3 is 14.5 Å². The molecular weight excluding hydrogens is 500 g/mol. The fourth-order valence-electron chi connectivity index (χ4n) is 4.78. The Morgan fingerprint density at radius 2 is 2.03 bits per heavy atom. The maximum atomic E-state index is 13.1. The molecule has 2 heterocycles. The highest BCUT2D eigenvalue weighted by Crippen LogP contribution is 2.49. The number of thiazole rings is 1. The largest absolute Gasteiger partial charge is 0.461 e. The van der Waals surface area contributed by atoms with Crippen molar-refractivity contribution in [3.63, 3.8) is 0 Å². The third kappa shape index (κ3) is 5.82. The van der Waals surface area contributed by atoms with E-state index in [0.717, 1.165) is 35.4 Å². The lowest BCUT2D eigenvalue weighted by molar-refractivity contribution is -0.140. The molecule has 1 aromatic carbocycles. The third-order valence-electron chi connectivity index (χ3n) is 7.57. The van der Waals surface area contributed by atoms with Crippen LogP contribution in [0, 0.1) is 5.92 Å². The normalized spacial score (nSPS) is 16.8. The number of aromatic nitrogens is 3. The number of amides is 1. The van der Waals surface area contributed by atoms with Gasteiger partial charge in [-0.1, -0.05) is 26.2 Å². The highest BCUT2D eigenvalue weighted by Gasteiger charge is 2.40. The van der Waals surface area contributed by atoms with Gasteiger partial charge >= 0.3 is 0 Å². The number of rotatable bonds is 11. The first-order chi connectivity index (χ1) is 18.0. The Morgan fingerprint density at radius 1 is 1.26 bits per heavy atom. The molecule has 5 rings (SSSR count). The average Bonchev–Trinajstić information content (AvgIpc) is 3.22. The van der Waals surface area contributed by atoms with E-state index in [1.165, 1.54) is 36.2 Å². The van der Waals surface area contributed by atoms with Crippen molar-refractivity contribution in [2.45, 2.75) is 96.6 Å². The number of hydrogen-bond donors (Lipinski definition) is 1. The molecule has 2 aromatic heterocycles. The number of benzene rings is 1. The van der Waals surface area contributed by atoms with Gasteiger partial charge in [0.1, 0.15) is 5.60 Å². The Kier molecular flexibility index (Phi) is 7.15. The van der Waals surface area contributed by atoms with E-state index >= 15 is 0 Å². The fraction of sp³-hybridized carbons (Fsp3) is 0.552. The van der Waals surface area contributed by atoms with Gasteiger partial charge in [0.2, 0.25) is 5.89 Å². The van der Waals surface area contributed by atoms with Gasteiger partial charge in [0.15, 0.2) is 5.01 Å². The van der Waals surface area contributed by atoms with E-state index in [-0.39, 0.29) is 17.4 Å². The van der Waals surface area contributed by atoms with Crippen molar-refractivity contribution in [1.82, 2.24) is 20.5 Å².